The quantitative estimate of drug-likeness (QED) is 0.345. The van der Waals surface area contributed by atoms with Crippen molar-refractivity contribution in [1.82, 2.24) is 0 Å². The summed E-state index contributed by atoms with van der Waals surface area (Å²) in [5, 5.41) is 4.17. The number of rotatable bonds is 1. The summed E-state index contributed by atoms with van der Waals surface area (Å²) < 4.78 is 0. The molecular weight excluding hydrogens is 361 g/mol. The Hall–Kier alpha value is -0.336. The Kier molecular flexibility index (Phi) is 44.2. The van der Waals surface area contributed by atoms with Crippen LogP contribution in [0.5, 0.6) is 0 Å². The molecule has 4 heteroatoms. The van der Waals surface area contributed by atoms with E-state index in [0.29, 0.717) is 0 Å². The minimum Gasteiger partial charge on any atom is -0.214 e. The summed E-state index contributed by atoms with van der Waals surface area (Å²) in [6.45, 7) is 4.16. The molecule has 0 radical (unpaired) electrons. The molecule has 0 heterocycles. The van der Waals surface area contributed by atoms with E-state index in [1.807, 2.05) is 37.4 Å². The van der Waals surface area contributed by atoms with Crippen molar-refractivity contribution in [1.29, 1.82) is 0 Å². The molecule has 2 rings (SSSR count). The maximum absolute atomic E-state index is 4.89. The summed E-state index contributed by atoms with van der Waals surface area (Å²) in [7, 11) is 11.6. The van der Waals surface area contributed by atoms with E-state index in [9.17, 15) is 0 Å². The SMILES string of the molecule is C[N-]c1c(C)cccc1C.[CH3-].[CH3-].[CH3-].[CH3-].[CH3-].[Cl][Ti][Cl].c1cc[cH-]c1. The first-order chi connectivity index (χ1) is 8.67. The fourth-order valence-corrected chi connectivity index (χ4v) is 1.48. The topological polar surface area (TPSA) is 14.1 Å². The third kappa shape index (κ3) is 19.6. The second kappa shape index (κ2) is 26.6. The van der Waals surface area contributed by atoms with Crippen LogP contribution in [-0.4, -0.2) is 7.05 Å². The van der Waals surface area contributed by atoms with Crippen LogP contribution in [0.1, 0.15) is 11.1 Å². The number of hydrogen-bond acceptors (Lipinski definition) is 0. The van der Waals surface area contributed by atoms with Crippen molar-refractivity contribution in [3.05, 3.63) is 102 Å². The van der Waals surface area contributed by atoms with Gasteiger partial charge in [0.15, 0.2) is 0 Å². The normalized spacial score (nSPS) is 6.48. The molecular formula is C19H32Cl2NTi-7. The average Bonchev–Trinajstić information content (AvgIpc) is 2.89. The summed E-state index contributed by atoms with van der Waals surface area (Å²) in [5.41, 5.74) is 3.63. The molecule has 0 saturated heterocycles. The third-order valence-corrected chi connectivity index (χ3v) is 2.22. The summed E-state index contributed by atoms with van der Waals surface area (Å²) in [6.07, 6.45) is 0. The Morgan fingerprint density at radius 2 is 1.17 bits per heavy atom. The molecule has 0 N–H and O–H groups in total. The predicted molar refractivity (Wildman–Crippen MR) is 111 cm³/mol. The van der Waals surface area contributed by atoms with Crippen LogP contribution in [0.3, 0.4) is 0 Å². The summed E-state index contributed by atoms with van der Waals surface area (Å²) in [4.78, 5) is 0. The van der Waals surface area contributed by atoms with Gasteiger partial charge in [0.1, 0.15) is 0 Å². The first-order valence-electron chi connectivity index (χ1n) is 5.46. The van der Waals surface area contributed by atoms with Gasteiger partial charge in [-0.2, -0.15) is 18.2 Å². The van der Waals surface area contributed by atoms with Crippen LogP contribution in [0.4, 0.5) is 5.69 Å². The number of benzene rings is 1. The van der Waals surface area contributed by atoms with E-state index in [4.69, 9.17) is 18.6 Å². The molecule has 0 spiro atoms. The van der Waals surface area contributed by atoms with Crippen molar-refractivity contribution in [2.75, 3.05) is 7.05 Å². The van der Waals surface area contributed by atoms with Crippen molar-refractivity contribution >= 4 is 24.3 Å². The number of halogens is 2. The first-order valence-corrected chi connectivity index (χ1v) is 9.76. The van der Waals surface area contributed by atoms with Crippen LogP contribution in [-0.2, 0) is 17.0 Å². The van der Waals surface area contributed by atoms with Gasteiger partial charge in [-0.3, -0.25) is 0 Å². The molecule has 0 aliphatic heterocycles. The van der Waals surface area contributed by atoms with Gasteiger partial charge in [0.25, 0.3) is 0 Å². The standard InChI is InChI=1S/C9H12N.C5H5.5CH3.2ClH.Ti/c1-7-5-4-6-8(2)9(7)10-3;1-2-4-5-3-1;;;;;;;;/h4-6H,1-3H3;1-5H;5*1H3;2*1H;/q7*-1;;;+2/p-2. The van der Waals surface area contributed by atoms with Crippen LogP contribution in [0.2, 0.25) is 0 Å². The molecule has 0 unspecified atom stereocenters. The van der Waals surface area contributed by atoms with Gasteiger partial charge in [-0.15, -0.1) is 12.7 Å². The van der Waals surface area contributed by atoms with Gasteiger partial charge in [0.05, 0.1) is 0 Å². The van der Waals surface area contributed by atoms with Gasteiger partial charge in [0, 0.05) is 0 Å². The van der Waals surface area contributed by atoms with E-state index in [1.54, 1.807) is 0 Å². The smallest absolute Gasteiger partial charge is 0.172 e. The van der Waals surface area contributed by atoms with Crippen molar-refractivity contribution in [2.45, 2.75) is 13.8 Å². The Labute approximate surface area is 163 Å². The molecule has 23 heavy (non-hydrogen) atoms. The predicted octanol–water partition coefficient (Wildman–Crippen LogP) is 7.97. The Morgan fingerprint density at radius 3 is 1.35 bits per heavy atom. The van der Waals surface area contributed by atoms with E-state index < -0.39 is 17.0 Å². The van der Waals surface area contributed by atoms with Gasteiger partial charge in [-0.05, 0) is 13.8 Å². The second-order valence-corrected chi connectivity index (χ2v) is 6.08. The number of aryl methyl sites for hydroxylation is 2. The molecule has 0 bridgehead atoms. The zero-order valence-corrected chi connectivity index (χ0v) is 18.9. The fourth-order valence-electron chi connectivity index (χ4n) is 1.48. The van der Waals surface area contributed by atoms with E-state index in [2.05, 4.69) is 37.4 Å². The van der Waals surface area contributed by atoms with E-state index in [1.165, 1.54) is 11.1 Å². The van der Waals surface area contributed by atoms with E-state index in [0.717, 1.165) is 5.69 Å². The number of para-hydroxylation sites is 1. The summed E-state index contributed by atoms with van der Waals surface area (Å²) in [6, 6.07) is 16.2. The number of nitrogens with zero attached hydrogens (tertiary/aromatic N) is 1. The van der Waals surface area contributed by atoms with E-state index >= 15 is 0 Å². The van der Waals surface area contributed by atoms with Crippen LogP contribution < -0.4 is 0 Å². The van der Waals surface area contributed by atoms with Gasteiger partial charge in [-0.25, -0.2) is 12.1 Å². The molecule has 1 nitrogen and oxygen atoms in total. The maximum atomic E-state index is 4.89. The summed E-state index contributed by atoms with van der Waals surface area (Å²) >= 11 is -0.556. The second-order valence-electron chi connectivity index (χ2n) is 3.50. The zero-order valence-electron chi connectivity index (χ0n) is 15.8. The average molecular weight is 393 g/mol. The van der Waals surface area contributed by atoms with Gasteiger partial charge in [-0.1, -0.05) is 29.3 Å². The molecule has 0 aliphatic rings. The van der Waals surface area contributed by atoms with Crippen molar-refractivity contribution < 1.29 is 17.0 Å². The molecule has 0 fully saturated rings. The minimum atomic E-state index is -0.556. The molecule has 0 aliphatic carbocycles. The summed E-state index contributed by atoms with van der Waals surface area (Å²) in [5.74, 6) is 0. The van der Waals surface area contributed by atoms with E-state index in [-0.39, 0.29) is 37.1 Å². The number of hydrogen-bond donors (Lipinski definition) is 0. The first kappa shape index (κ1) is 38.3. The van der Waals surface area contributed by atoms with Crippen LogP contribution in [0, 0.1) is 51.0 Å². The van der Waals surface area contributed by atoms with Crippen molar-refractivity contribution in [3.8, 4) is 0 Å². The molecule has 0 aromatic heterocycles. The van der Waals surface area contributed by atoms with Gasteiger partial charge < -0.3 is 42.5 Å². The molecule has 0 atom stereocenters. The molecule has 2 aromatic rings. The molecule has 0 saturated carbocycles. The zero-order chi connectivity index (χ0) is 13.8. The molecule has 2 aromatic carbocycles. The van der Waals surface area contributed by atoms with Crippen LogP contribution >= 0.6 is 18.6 Å². The Balaban J connectivity index is -0.0000000487. The third-order valence-electron chi connectivity index (χ3n) is 2.22. The Morgan fingerprint density at radius 1 is 0.826 bits per heavy atom. The van der Waals surface area contributed by atoms with Gasteiger partial charge >= 0.3 is 35.6 Å². The molecule has 0 amide bonds. The van der Waals surface area contributed by atoms with Crippen molar-refractivity contribution in [3.63, 3.8) is 0 Å². The minimum absolute atomic E-state index is 0. The Bertz CT molecular complexity index is 366. The maximum Gasteiger partial charge on any atom is -0.172 e. The van der Waals surface area contributed by atoms with Crippen LogP contribution in [0.25, 0.3) is 5.32 Å². The van der Waals surface area contributed by atoms with Crippen molar-refractivity contribution in [2.24, 2.45) is 0 Å². The van der Waals surface area contributed by atoms with Gasteiger partial charge in [0.2, 0.25) is 0 Å². The van der Waals surface area contributed by atoms with Crippen LogP contribution in [0.15, 0.2) is 48.5 Å². The monoisotopic (exact) mass is 392 g/mol. The fraction of sp³-hybridized carbons (Fsp3) is 0.158. The largest absolute Gasteiger partial charge is 0.214 e. The molecule has 138 valence electrons.